The Hall–Kier alpha value is -0.0900. The molecule has 9 heavy (non-hydrogen) atoms. The van der Waals surface area contributed by atoms with Crippen molar-refractivity contribution in [2.75, 3.05) is 0 Å². The Labute approximate surface area is 65.4 Å². The van der Waals surface area contributed by atoms with Crippen LogP contribution >= 0.6 is 24.8 Å². The average Bonchev–Trinajstić information content (AvgIpc) is 1.63. The summed E-state index contributed by atoms with van der Waals surface area (Å²) in [5, 5.41) is 2.69. The predicted molar refractivity (Wildman–Crippen MR) is 44.9 cm³/mol. The minimum absolute atomic E-state index is 0.0615. The number of hydrogen-bond donors (Lipinski definition) is 2. The Morgan fingerprint density at radius 2 is 2.22 bits per heavy atom. The van der Waals surface area contributed by atoms with Gasteiger partial charge >= 0.3 is 0 Å². The maximum Gasteiger partial charge on any atom is 0.151 e. The third-order valence-electron chi connectivity index (χ3n) is 0.950. The zero-order chi connectivity index (χ0) is 7.44. The van der Waals surface area contributed by atoms with Crippen LogP contribution in [0.5, 0.6) is 0 Å². The number of carbonyl (C=O) groups is 1. The molecule has 1 unspecified atom stereocenters. The highest BCUT2D eigenvalue weighted by atomic mass is 32.1. The van der Waals surface area contributed by atoms with Gasteiger partial charge in [-0.05, 0) is 13.8 Å². The molecule has 0 rings (SSSR count). The smallest absolute Gasteiger partial charge is 0.151 e. The molecule has 1 N–H and O–H groups in total. The summed E-state index contributed by atoms with van der Waals surface area (Å²) in [6, 6.07) is -0.213. The first-order valence-corrected chi connectivity index (χ1v) is 3.39. The van der Waals surface area contributed by atoms with E-state index in [1.807, 2.05) is 0 Å². The molecule has 0 aromatic carbocycles. The highest BCUT2D eigenvalue weighted by molar-refractivity contribution is 8.11. The van der Waals surface area contributed by atoms with E-state index in [4.69, 9.17) is 0 Å². The van der Waals surface area contributed by atoms with Crippen molar-refractivity contribution in [3.63, 3.8) is 0 Å². The van der Waals surface area contributed by atoms with Crippen LogP contribution in [-0.4, -0.2) is 16.1 Å². The lowest BCUT2D eigenvalue weighted by Crippen LogP contribution is -2.33. The molecule has 0 radical (unpaired) electrons. The Bertz CT molecular complexity index is 135. The number of rotatable bonds is 2. The summed E-state index contributed by atoms with van der Waals surface area (Å²) in [5.74, 6) is 0.0615. The Kier molecular flexibility index (Phi) is 3.81. The van der Waals surface area contributed by atoms with Crippen LogP contribution in [0.15, 0.2) is 0 Å². The molecule has 0 saturated carbocycles. The van der Waals surface area contributed by atoms with E-state index in [0.717, 1.165) is 0 Å². The quantitative estimate of drug-likeness (QED) is 0.465. The van der Waals surface area contributed by atoms with Crippen LogP contribution in [0, 0.1) is 0 Å². The first-order chi connectivity index (χ1) is 4.04. The molecular weight excluding hydrogens is 154 g/mol. The highest BCUT2D eigenvalue weighted by Gasteiger charge is 2.05. The Morgan fingerprint density at radius 3 is 2.33 bits per heavy atom. The van der Waals surface area contributed by atoms with Gasteiger partial charge in [0.2, 0.25) is 0 Å². The summed E-state index contributed by atoms with van der Waals surface area (Å²) in [6.45, 7) is 3.24. The molecule has 4 heteroatoms. The van der Waals surface area contributed by atoms with Crippen LogP contribution in [0.2, 0.25) is 0 Å². The van der Waals surface area contributed by atoms with Crippen molar-refractivity contribution in [1.82, 2.24) is 5.32 Å². The maximum atomic E-state index is 10.5. The summed E-state index contributed by atoms with van der Waals surface area (Å²) >= 11 is 8.39. The van der Waals surface area contributed by atoms with Crippen molar-refractivity contribution in [1.29, 1.82) is 0 Å². The monoisotopic (exact) mass is 163 g/mol. The summed E-state index contributed by atoms with van der Waals surface area (Å²) in [5.41, 5.74) is 0. The Morgan fingerprint density at radius 1 is 1.78 bits per heavy atom. The number of ketones is 1. The normalized spacial score (nSPS) is 12.3. The second-order valence-electron chi connectivity index (χ2n) is 1.78. The van der Waals surface area contributed by atoms with E-state index in [1.165, 1.54) is 6.92 Å². The summed E-state index contributed by atoms with van der Waals surface area (Å²) in [4.78, 5) is 10.5. The van der Waals surface area contributed by atoms with Crippen molar-refractivity contribution in [3.8, 4) is 0 Å². The largest absolute Gasteiger partial charge is 0.362 e. The summed E-state index contributed by atoms with van der Waals surface area (Å²) < 4.78 is 0.359. The fourth-order valence-corrected chi connectivity index (χ4v) is 0.657. The van der Waals surface area contributed by atoms with Crippen LogP contribution in [-0.2, 0) is 4.79 Å². The molecule has 52 valence electrons. The second kappa shape index (κ2) is 3.85. The molecule has 0 aliphatic rings. The van der Waals surface area contributed by atoms with E-state index in [9.17, 15) is 4.79 Å². The van der Waals surface area contributed by atoms with Crippen molar-refractivity contribution < 1.29 is 4.79 Å². The van der Waals surface area contributed by atoms with E-state index in [0.29, 0.717) is 4.32 Å². The first kappa shape index (κ1) is 8.91. The minimum atomic E-state index is -0.213. The number of nitrogens with one attached hydrogen (secondary N) is 1. The van der Waals surface area contributed by atoms with Gasteiger partial charge in [-0.25, -0.2) is 0 Å². The van der Waals surface area contributed by atoms with E-state index in [-0.39, 0.29) is 11.8 Å². The molecule has 0 bridgehead atoms. The van der Waals surface area contributed by atoms with E-state index >= 15 is 0 Å². The van der Waals surface area contributed by atoms with Crippen molar-refractivity contribution in [2.24, 2.45) is 0 Å². The molecule has 0 fully saturated rings. The number of thiol groups is 1. The number of thiocarbonyl (C=S) groups is 1. The second-order valence-corrected chi connectivity index (χ2v) is 2.94. The SMILES string of the molecule is CC(=O)C(C)NC(=S)S. The van der Waals surface area contributed by atoms with Crippen LogP contribution < -0.4 is 5.32 Å². The fourth-order valence-electron chi connectivity index (χ4n) is 0.287. The van der Waals surface area contributed by atoms with Gasteiger partial charge in [-0.1, -0.05) is 12.2 Å². The summed E-state index contributed by atoms with van der Waals surface area (Å²) in [7, 11) is 0. The molecule has 0 spiro atoms. The maximum absolute atomic E-state index is 10.5. The zero-order valence-corrected chi connectivity index (χ0v) is 7.05. The van der Waals surface area contributed by atoms with Gasteiger partial charge in [0.1, 0.15) is 4.32 Å². The van der Waals surface area contributed by atoms with Gasteiger partial charge in [0.25, 0.3) is 0 Å². The van der Waals surface area contributed by atoms with Crippen molar-refractivity contribution in [3.05, 3.63) is 0 Å². The predicted octanol–water partition coefficient (Wildman–Crippen LogP) is 0.768. The zero-order valence-electron chi connectivity index (χ0n) is 5.34. The highest BCUT2D eigenvalue weighted by Crippen LogP contribution is 1.86. The molecule has 2 nitrogen and oxygen atoms in total. The molecule has 0 aliphatic heterocycles. The minimum Gasteiger partial charge on any atom is -0.362 e. The third-order valence-corrected chi connectivity index (χ3v) is 1.20. The third kappa shape index (κ3) is 4.42. The standard InChI is InChI=1S/C5H9NOS2/c1-3(4(2)7)6-5(8)9/h3H,1-2H3,(H2,6,8,9). The van der Waals surface area contributed by atoms with Crippen LogP contribution in [0.25, 0.3) is 0 Å². The van der Waals surface area contributed by atoms with Gasteiger partial charge < -0.3 is 5.32 Å². The molecule has 0 saturated heterocycles. The van der Waals surface area contributed by atoms with Crippen molar-refractivity contribution in [2.45, 2.75) is 19.9 Å². The van der Waals surface area contributed by atoms with Gasteiger partial charge in [-0.3, -0.25) is 4.79 Å². The van der Waals surface area contributed by atoms with E-state index in [1.54, 1.807) is 6.92 Å². The molecule has 0 amide bonds. The molecule has 0 heterocycles. The topological polar surface area (TPSA) is 29.1 Å². The van der Waals surface area contributed by atoms with Gasteiger partial charge in [-0.2, -0.15) is 0 Å². The van der Waals surface area contributed by atoms with Gasteiger partial charge in [0.15, 0.2) is 5.78 Å². The number of carbonyl (C=O) groups excluding carboxylic acids is 1. The lowest BCUT2D eigenvalue weighted by Gasteiger charge is -2.07. The molecule has 0 aromatic heterocycles. The lowest BCUT2D eigenvalue weighted by molar-refractivity contribution is -0.118. The molecule has 0 aromatic rings. The average molecular weight is 163 g/mol. The van der Waals surface area contributed by atoms with Gasteiger partial charge in [-0.15, -0.1) is 12.6 Å². The van der Waals surface area contributed by atoms with E-state index in [2.05, 4.69) is 30.2 Å². The fraction of sp³-hybridized carbons (Fsp3) is 0.600. The first-order valence-electron chi connectivity index (χ1n) is 2.54. The number of Topliss-reactive ketones (excluding diaryl/α,β-unsaturated/α-hetero) is 1. The molecule has 1 atom stereocenters. The van der Waals surface area contributed by atoms with Gasteiger partial charge in [0.05, 0.1) is 6.04 Å². The lowest BCUT2D eigenvalue weighted by atomic mass is 10.2. The Balaban J connectivity index is 3.63. The number of hydrogen-bond acceptors (Lipinski definition) is 2. The van der Waals surface area contributed by atoms with Crippen molar-refractivity contribution >= 4 is 35.0 Å². The summed E-state index contributed by atoms with van der Waals surface area (Å²) in [6.07, 6.45) is 0. The molecule has 0 aliphatic carbocycles. The van der Waals surface area contributed by atoms with E-state index < -0.39 is 0 Å². The molecular formula is C5H9NOS2. The van der Waals surface area contributed by atoms with Crippen LogP contribution in [0.1, 0.15) is 13.8 Å². The van der Waals surface area contributed by atoms with Crippen LogP contribution in [0.4, 0.5) is 0 Å². The van der Waals surface area contributed by atoms with Crippen LogP contribution in [0.3, 0.4) is 0 Å². The van der Waals surface area contributed by atoms with Gasteiger partial charge in [0, 0.05) is 0 Å².